The van der Waals surface area contributed by atoms with Gasteiger partial charge in [0.25, 0.3) is 0 Å². The minimum Gasteiger partial charge on any atom is -0.468 e. The number of carbonyl (C=O) groups is 3. The summed E-state index contributed by atoms with van der Waals surface area (Å²) in [5.74, 6) is -2.07. The Morgan fingerprint density at radius 1 is 0.864 bits per heavy atom. The maximum absolute atomic E-state index is 12.3. The van der Waals surface area contributed by atoms with E-state index in [9.17, 15) is 14.4 Å². The highest BCUT2D eigenvalue weighted by Crippen LogP contribution is 2.31. The van der Waals surface area contributed by atoms with Gasteiger partial charge >= 0.3 is 17.9 Å². The van der Waals surface area contributed by atoms with Gasteiger partial charge in [0, 0.05) is 0 Å². The second-order valence-electron chi connectivity index (χ2n) is 5.17. The number of methoxy groups -OCH3 is 1. The predicted octanol–water partition coefficient (Wildman–Crippen LogP) is 2.63. The van der Waals surface area contributed by atoms with Gasteiger partial charge in [-0.2, -0.15) is 0 Å². The number of ether oxygens (including phenoxy) is 3. The van der Waals surface area contributed by atoms with Crippen molar-refractivity contribution in [3.05, 3.63) is 0 Å². The summed E-state index contributed by atoms with van der Waals surface area (Å²) < 4.78 is 14.9. The van der Waals surface area contributed by atoms with Gasteiger partial charge in [-0.3, -0.25) is 14.4 Å². The molecule has 0 spiro atoms. The van der Waals surface area contributed by atoms with E-state index in [1.165, 1.54) is 7.11 Å². The molecule has 1 atom stereocenters. The van der Waals surface area contributed by atoms with Crippen molar-refractivity contribution in [3.8, 4) is 0 Å². The first-order valence-corrected chi connectivity index (χ1v) is 7.89. The van der Waals surface area contributed by atoms with Crippen molar-refractivity contribution < 1.29 is 28.6 Å². The minimum atomic E-state index is -1.62. The summed E-state index contributed by atoms with van der Waals surface area (Å²) in [5.41, 5.74) is -1.62. The maximum atomic E-state index is 12.3. The first kappa shape index (κ1) is 20.4. The molecule has 22 heavy (non-hydrogen) atoms. The zero-order chi connectivity index (χ0) is 17.0. The Bertz CT molecular complexity index is 366. The Morgan fingerprint density at radius 3 is 1.86 bits per heavy atom. The standard InChI is InChI=1S/C16H28O6/c1-5-8-10-21-13(17)12-16(7-3,14(18)20-4)15(19)22-11-9-6-2/h5-12H2,1-4H3. The molecular formula is C16H28O6. The van der Waals surface area contributed by atoms with E-state index in [2.05, 4.69) is 0 Å². The highest BCUT2D eigenvalue weighted by Gasteiger charge is 2.49. The third kappa shape index (κ3) is 6.03. The number of rotatable bonds is 11. The molecule has 6 heteroatoms. The Morgan fingerprint density at radius 2 is 1.41 bits per heavy atom. The molecular weight excluding hydrogens is 288 g/mol. The van der Waals surface area contributed by atoms with Crippen molar-refractivity contribution in [1.29, 1.82) is 0 Å². The third-order valence-corrected chi connectivity index (χ3v) is 3.51. The summed E-state index contributed by atoms with van der Waals surface area (Å²) in [4.78, 5) is 36.3. The average molecular weight is 316 g/mol. The van der Waals surface area contributed by atoms with Crippen LogP contribution in [0.5, 0.6) is 0 Å². The van der Waals surface area contributed by atoms with Crippen LogP contribution in [0.4, 0.5) is 0 Å². The molecule has 0 N–H and O–H groups in total. The number of carbonyl (C=O) groups excluding carboxylic acids is 3. The van der Waals surface area contributed by atoms with Crippen LogP contribution in [0.25, 0.3) is 0 Å². The maximum Gasteiger partial charge on any atom is 0.324 e. The van der Waals surface area contributed by atoms with Crippen LogP contribution in [0.1, 0.15) is 59.3 Å². The van der Waals surface area contributed by atoms with E-state index in [0.29, 0.717) is 6.42 Å². The fraction of sp³-hybridized carbons (Fsp3) is 0.812. The van der Waals surface area contributed by atoms with Gasteiger partial charge in [-0.05, 0) is 19.3 Å². The Balaban J connectivity index is 4.96. The summed E-state index contributed by atoms with van der Waals surface area (Å²) in [5, 5.41) is 0. The van der Waals surface area contributed by atoms with Crippen molar-refractivity contribution >= 4 is 17.9 Å². The van der Waals surface area contributed by atoms with Crippen LogP contribution in [0.3, 0.4) is 0 Å². The third-order valence-electron chi connectivity index (χ3n) is 3.51. The lowest BCUT2D eigenvalue weighted by atomic mass is 9.81. The van der Waals surface area contributed by atoms with E-state index in [4.69, 9.17) is 14.2 Å². The van der Waals surface area contributed by atoms with Crippen LogP contribution in [0.2, 0.25) is 0 Å². The molecule has 0 rings (SSSR count). The largest absolute Gasteiger partial charge is 0.468 e. The fourth-order valence-corrected chi connectivity index (χ4v) is 1.91. The van der Waals surface area contributed by atoms with Gasteiger partial charge in [0.05, 0.1) is 26.7 Å². The molecule has 0 aliphatic heterocycles. The Kier molecular flexibility index (Phi) is 10.2. The summed E-state index contributed by atoms with van der Waals surface area (Å²) in [6.45, 7) is 6.09. The lowest BCUT2D eigenvalue weighted by molar-refractivity contribution is -0.176. The van der Waals surface area contributed by atoms with Gasteiger partial charge in [-0.15, -0.1) is 0 Å². The summed E-state index contributed by atoms with van der Waals surface area (Å²) in [6.07, 6.45) is 2.96. The molecule has 0 bridgehead atoms. The molecule has 6 nitrogen and oxygen atoms in total. The minimum absolute atomic E-state index is 0.119. The number of hydrogen-bond donors (Lipinski definition) is 0. The van der Waals surface area contributed by atoms with Crippen LogP contribution in [-0.4, -0.2) is 38.2 Å². The topological polar surface area (TPSA) is 78.9 Å². The van der Waals surface area contributed by atoms with Gasteiger partial charge < -0.3 is 14.2 Å². The number of hydrogen-bond acceptors (Lipinski definition) is 6. The van der Waals surface area contributed by atoms with Crippen molar-refractivity contribution in [2.75, 3.05) is 20.3 Å². The molecule has 0 saturated carbocycles. The quantitative estimate of drug-likeness (QED) is 0.252. The molecule has 0 aromatic heterocycles. The van der Waals surface area contributed by atoms with Gasteiger partial charge in [0.15, 0.2) is 5.41 Å². The molecule has 128 valence electrons. The summed E-state index contributed by atoms with van der Waals surface area (Å²) in [6, 6.07) is 0. The molecule has 0 aromatic rings. The van der Waals surface area contributed by atoms with Crippen LogP contribution in [0, 0.1) is 5.41 Å². The molecule has 1 unspecified atom stereocenters. The van der Waals surface area contributed by atoms with Gasteiger partial charge in [0.2, 0.25) is 0 Å². The van der Waals surface area contributed by atoms with Crippen molar-refractivity contribution in [1.82, 2.24) is 0 Å². The lowest BCUT2D eigenvalue weighted by Gasteiger charge is -2.26. The van der Waals surface area contributed by atoms with Crippen LogP contribution >= 0.6 is 0 Å². The highest BCUT2D eigenvalue weighted by molar-refractivity contribution is 6.02. The predicted molar refractivity (Wildman–Crippen MR) is 81.1 cm³/mol. The molecule has 0 aliphatic rings. The van der Waals surface area contributed by atoms with Crippen molar-refractivity contribution in [3.63, 3.8) is 0 Å². The Hall–Kier alpha value is -1.59. The summed E-state index contributed by atoms with van der Waals surface area (Å²) >= 11 is 0. The van der Waals surface area contributed by atoms with E-state index in [-0.39, 0.29) is 26.1 Å². The molecule has 0 saturated heterocycles. The first-order valence-electron chi connectivity index (χ1n) is 7.89. The fourth-order valence-electron chi connectivity index (χ4n) is 1.91. The van der Waals surface area contributed by atoms with Crippen molar-refractivity contribution in [2.24, 2.45) is 5.41 Å². The summed E-state index contributed by atoms with van der Waals surface area (Å²) in [7, 11) is 1.19. The van der Waals surface area contributed by atoms with Crippen LogP contribution in [-0.2, 0) is 28.6 Å². The molecule has 0 heterocycles. The normalized spacial score (nSPS) is 13.1. The van der Waals surface area contributed by atoms with Crippen molar-refractivity contribution in [2.45, 2.75) is 59.3 Å². The first-order chi connectivity index (χ1) is 10.5. The van der Waals surface area contributed by atoms with E-state index in [1.54, 1.807) is 6.92 Å². The zero-order valence-electron chi connectivity index (χ0n) is 14.1. The lowest BCUT2D eigenvalue weighted by Crippen LogP contribution is -2.43. The Labute approximate surface area is 132 Å². The molecule has 0 fully saturated rings. The second kappa shape index (κ2) is 11.0. The second-order valence-corrected chi connectivity index (χ2v) is 5.17. The van der Waals surface area contributed by atoms with Gasteiger partial charge in [0.1, 0.15) is 0 Å². The van der Waals surface area contributed by atoms with Crippen LogP contribution < -0.4 is 0 Å². The van der Waals surface area contributed by atoms with E-state index < -0.39 is 23.3 Å². The molecule has 0 aromatic carbocycles. The van der Waals surface area contributed by atoms with Gasteiger partial charge in [-0.1, -0.05) is 33.6 Å². The average Bonchev–Trinajstić information content (AvgIpc) is 2.52. The SMILES string of the molecule is CCCCOC(=O)CC(CC)(C(=O)OC)C(=O)OCCCC. The number of esters is 3. The zero-order valence-corrected chi connectivity index (χ0v) is 14.1. The monoisotopic (exact) mass is 316 g/mol. The molecule has 0 radical (unpaired) electrons. The van der Waals surface area contributed by atoms with Crippen LogP contribution in [0.15, 0.2) is 0 Å². The van der Waals surface area contributed by atoms with E-state index in [1.807, 2.05) is 13.8 Å². The van der Waals surface area contributed by atoms with E-state index >= 15 is 0 Å². The van der Waals surface area contributed by atoms with Gasteiger partial charge in [-0.25, -0.2) is 0 Å². The number of unbranched alkanes of at least 4 members (excludes halogenated alkanes) is 2. The van der Waals surface area contributed by atoms with E-state index in [0.717, 1.165) is 19.3 Å². The smallest absolute Gasteiger partial charge is 0.324 e. The highest BCUT2D eigenvalue weighted by atomic mass is 16.6. The molecule has 0 aliphatic carbocycles. The molecule has 0 amide bonds.